The monoisotopic (exact) mass is 418 g/mol. The van der Waals surface area contributed by atoms with Crippen LogP contribution >= 0.6 is 0 Å². The summed E-state index contributed by atoms with van der Waals surface area (Å²) in [7, 11) is 0. The molecule has 4 aromatic carbocycles. The molecule has 154 valence electrons. The third-order valence-corrected chi connectivity index (χ3v) is 5.33. The van der Waals surface area contributed by atoms with Crippen LogP contribution in [-0.4, -0.2) is 16.1 Å². The van der Waals surface area contributed by atoms with Gasteiger partial charge < -0.3 is 10.1 Å². The summed E-state index contributed by atoms with van der Waals surface area (Å²) in [5.74, 6) is 0.817. The van der Waals surface area contributed by atoms with E-state index in [2.05, 4.69) is 21.6 Å². The zero-order chi connectivity index (χ0) is 21.9. The van der Waals surface area contributed by atoms with E-state index in [9.17, 15) is 10.1 Å². The number of ether oxygens (including phenoxy) is 1. The van der Waals surface area contributed by atoms with Gasteiger partial charge in [-0.05, 0) is 41.1 Å². The number of fused-ring (bicyclic) bond motifs is 2. The quantitative estimate of drug-likeness (QED) is 0.399. The SMILES string of the molecule is N#Cc1ccccc1COc1ccc2[nH]nc(NC(=O)c3cccc4ccccc34)c2c1. The molecule has 1 amide bonds. The summed E-state index contributed by atoms with van der Waals surface area (Å²) in [6.45, 7) is 0.269. The number of aromatic amines is 1. The maximum Gasteiger partial charge on any atom is 0.257 e. The summed E-state index contributed by atoms with van der Waals surface area (Å²) >= 11 is 0. The third-order valence-electron chi connectivity index (χ3n) is 5.33. The predicted octanol–water partition coefficient (Wildman–Crippen LogP) is 5.42. The van der Waals surface area contributed by atoms with Crippen LogP contribution in [0.3, 0.4) is 0 Å². The van der Waals surface area contributed by atoms with Crippen LogP contribution in [0.25, 0.3) is 21.7 Å². The Hall–Kier alpha value is -4.63. The first-order valence-electron chi connectivity index (χ1n) is 10.1. The average molecular weight is 418 g/mol. The van der Waals surface area contributed by atoms with Gasteiger partial charge in [0.1, 0.15) is 12.4 Å². The molecule has 0 saturated carbocycles. The van der Waals surface area contributed by atoms with Gasteiger partial charge in [0, 0.05) is 16.5 Å². The molecule has 0 aliphatic heterocycles. The van der Waals surface area contributed by atoms with Gasteiger partial charge in [-0.15, -0.1) is 0 Å². The first-order chi connectivity index (χ1) is 15.7. The standard InChI is InChI=1S/C26H18N4O2/c27-15-18-7-1-2-8-19(18)16-32-20-12-13-24-23(14-20)25(30-29-24)28-26(31)22-11-5-9-17-6-3-4-10-21(17)22/h1-14H,16H2,(H2,28,29,30,31). The van der Waals surface area contributed by atoms with Crippen LogP contribution in [-0.2, 0) is 6.61 Å². The zero-order valence-electron chi connectivity index (χ0n) is 17.0. The van der Waals surface area contributed by atoms with Crippen LogP contribution in [0.4, 0.5) is 5.82 Å². The minimum absolute atomic E-state index is 0.232. The van der Waals surface area contributed by atoms with Gasteiger partial charge in [-0.2, -0.15) is 10.4 Å². The summed E-state index contributed by atoms with van der Waals surface area (Å²) in [5.41, 5.74) is 2.76. The van der Waals surface area contributed by atoms with Gasteiger partial charge in [-0.3, -0.25) is 9.89 Å². The molecule has 0 spiro atoms. The van der Waals surface area contributed by atoms with E-state index in [1.54, 1.807) is 12.1 Å². The van der Waals surface area contributed by atoms with Crippen LogP contribution < -0.4 is 10.1 Å². The number of carbonyl (C=O) groups is 1. The first kappa shape index (κ1) is 19.3. The lowest BCUT2D eigenvalue weighted by Gasteiger charge is -2.09. The molecule has 5 aromatic rings. The Bertz CT molecular complexity index is 1490. The smallest absolute Gasteiger partial charge is 0.257 e. The van der Waals surface area contributed by atoms with Gasteiger partial charge in [-0.25, -0.2) is 0 Å². The Balaban J connectivity index is 1.40. The van der Waals surface area contributed by atoms with E-state index >= 15 is 0 Å². The Labute approximate surface area is 184 Å². The summed E-state index contributed by atoms with van der Waals surface area (Å²) in [5, 5.41) is 22.0. The summed E-state index contributed by atoms with van der Waals surface area (Å²) in [4.78, 5) is 13.0. The maximum absolute atomic E-state index is 13.0. The second kappa shape index (κ2) is 8.25. The Morgan fingerprint density at radius 3 is 2.69 bits per heavy atom. The molecule has 0 unspecified atom stereocenters. The molecule has 0 aliphatic rings. The lowest BCUT2D eigenvalue weighted by atomic mass is 10.0. The molecular weight excluding hydrogens is 400 g/mol. The summed E-state index contributed by atoms with van der Waals surface area (Å²) in [6, 6.07) is 28.4. The van der Waals surface area contributed by atoms with Crippen LogP contribution in [0, 0.1) is 11.3 Å². The molecule has 6 nitrogen and oxygen atoms in total. The van der Waals surface area contributed by atoms with Crippen molar-refractivity contribution in [3.63, 3.8) is 0 Å². The number of hydrogen-bond donors (Lipinski definition) is 2. The Kier molecular flexibility index (Phi) is 4.98. The molecule has 0 radical (unpaired) electrons. The van der Waals surface area contributed by atoms with Crippen molar-refractivity contribution in [3.8, 4) is 11.8 Å². The minimum atomic E-state index is -0.232. The lowest BCUT2D eigenvalue weighted by Crippen LogP contribution is -2.12. The number of hydrogen-bond acceptors (Lipinski definition) is 4. The number of rotatable bonds is 5. The van der Waals surface area contributed by atoms with Crippen molar-refractivity contribution in [2.75, 3.05) is 5.32 Å². The van der Waals surface area contributed by atoms with Gasteiger partial charge in [0.05, 0.1) is 17.1 Å². The van der Waals surface area contributed by atoms with E-state index in [1.807, 2.05) is 72.8 Å². The van der Waals surface area contributed by atoms with Crippen molar-refractivity contribution >= 4 is 33.4 Å². The molecule has 6 heteroatoms. The van der Waals surface area contributed by atoms with E-state index in [0.29, 0.717) is 22.7 Å². The van der Waals surface area contributed by atoms with Crippen LogP contribution in [0.15, 0.2) is 84.9 Å². The topological polar surface area (TPSA) is 90.8 Å². The first-order valence-corrected chi connectivity index (χ1v) is 10.1. The number of nitriles is 1. The molecular formula is C26H18N4O2. The highest BCUT2D eigenvalue weighted by Crippen LogP contribution is 2.27. The largest absolute Gasteiger partial charge is 0.489 e. The number of amides is 1. The van der Waals surface area contributed by atoms with Crippen molar-refractivity contribution in [3.05, 3.63) is 102 Å². The number of H-pyrrole nitrogens is 1. The van der Waals surface area contributed by atoms with Crippen molar-refractivity contribution in [2.24, 2.45) is 0 Å². The molecule has 0 bridgehead atoms. The minimum Gasteiger partial charge on any atom is -0.489 e. The highest BCUT2D eigenvalue weighted by atomic mass is 16.5. The predicted molar refractivity (Wildman–Crippen MR) is 123 cm³/mol. The third kappa shape index (κ3) is 3.64. The fourth-order valence-corrected chi connectivity index (χ4v) is 3.69. The molecule has 1 heterocycles. The fraction of sp³-hybridized carbons (Fsp3) is 0.0385. The number of carbonyl (C=O) groups excluding carboxylic acids is 1. The fourth-order valence-electron chi connectivity index (χ4n) is 3.69. The normalized spacial score (nSPS) is 10.7. The van der Waals surface area contributed by atoms with E-state index in [0.717, 1.165) is 27.2 Å². The molecule has 5 rings (SSSR count). The number of benzene rings is 4. The Morgan fingerprint density at radius 1 is 0.969 bits per heavy atom. The van der Waals surface area contributed by atoms with Crippen LogP contribution in [0.1, 0.15) is 21.5 Å². The second-order valence-corrected chi connectivity index (χ2v) is 7.32. The molecule has 0 fully saturated rings. The van der Waals surface area contributed by atoms with Gasteiger partial charge in [0.2, 0.25) is 0 Å². The van der Waals surface area contributed by atoms with Crippen molar-refractivity contribution in [2.45, 2.75) is 6.61 Å². The van der Waals surface area contributed by atoms with Crippen molar-refractivity contribution < 1.29 is 9.53 Å². The zero-order valence-corrected chi connectivity index (χ0v) is 17.0. The molecule has 2 N–H and O–H groups in total. The Morgan fingerprint density at radius 2 is 1.78 bits per heavy atom. The van der Waals surface area contributed by atoms with Gasteiger partial charge >= 0.3 is 0 Å². The molecule has 0 aliphatic carbocycles. The highest BCUT2D eigenvalue weighted by Gasteiger charge is 2.14. The summed E-state index contributed by atoms with van der Waals surface area (Å²) < 4.78 is 5.91. The van der Waals surface area contributed by atoms with E-state index < -0.39 is 0 Å². The van der Waals surface area contributed by atoms with Crippen molar-refractivity contribution in [1.29, 1.82) is 5.26 Å². The number of nitrogens with one attached hydrogen (secondary N) is 2. The van der Waals surface area contributed by atoms with Crippen molar-refractivity contribution in [1.82, 2.24) is 10.2 Å². The van der Waals surface area contributed by atoms with Gasteiger partial charge in [0.15, 0.2) is 5.82 Å². The number of nitrogens with zero attached hydrogens (tertiary/aromatic N) is 2. The van der Waals surface area contributed by atoms with E-state index in [-0.39, 0.29) is 12.5 Å². The second-order valence-electron chi connectivity index (χ2n) is 7.32. The molecule has 1 aromatic heterocycles. The van der Waals surface area contributed by atoms with Crippen LogP contribution in [0.2, 0.25) is 0 Å². The summed E-state index contributed by atoms with van der Waals surface area (Å²) in [6.07, 6.45) is 0. The average Bonchev–Trinajstić information content (AvgIpc) is 3.24. The maximum atomic E-state index is 13.0. The van der Waals surface area contributed by atoms with Gasteiger partial charge in [0.25, 0.3) is 5.91 Å². The van der Waals surface area contributed by atoms with E-state index in [4.69, 9.17) is 4.74 Å². The van der Waals surface area contributed by atoms with E-state index in [1.165, 1.54) is 0 Å². The van der Waals surface area contributed by atoms with Gasteiger partial charge in [-0.1, -0.05) is 54.6 Å². The highest BCUT2D eigenvalue weighted by molar-refractivity contribution is 6.14. The number of aromatic nitrogens is 2. The number of anilines is 1. The molecule has 0 atom stereocenters. The molecule has 0 saturated heterocycles. The molecule has 32 heavy (non-hydrogen) atoms. The lowest BCUT2D eigenvalue weighted by molar-refractivity contribution is 0.102. The van der Waals surface area contributed by atoms with Crippen LogP contribution in [0.5, 0.6) is 5.75 Å².